The topological polar surface area (TPSA) is 89.9 Å². The van der Waals surface area contributed by atoms with Gasteiger partial charge < -0.3 is 20.4 Å². The van der Waals surface area contributed by atoms with Crippen LogP contribution in [0.4, 0.5) is 4.79 Å². The molecule has 0 radical (unpaired) electrons. The highest BCUT2D eigenvalue weighted by Gasteiger charge is 2.26. The van der Waals surface area contributed by atoms with Crippen molar-refractivity contribution in [1.29, 1.82) is 0 Å². The number of carboxylic acid groups (broad SMARTS) is 1. The number of aliphatic hydroxyl groups excluding tert-OH is 1. The maximum absolute atomic E-state index is 11.8. The summed E-state index contributed by atoms with van der Waals surface area (Å²) in [5, 5.41) is 19.9. The van der Waals surface area contributed by atoms with Crippen molar-refractivity contribution in [1.82, 2.24) is 10.2 Å². The van der Waals surface area contributed by atoms with E-state index < -0.39 is 24.6 Å². The van der Waals surface area contributed by atoms with E-state index in [0.29, 0.717) is 13.1 Å². The second-order valence-electron chi connectivity index (χ2n) is 5.70. The van der Waals surface area contributed by atoms with E-state index in [1.54, 1.807) is 4.90 Å². The van der Waals surface area contributed by atoms with E-state index in [4.69, 9.17) is 10.2 Å². The number of amides is 2. The van der Waals surface area contributed by atoms with Gasteiger partial charge in [0.2, 0.25) is 0 Å². The van der Waals surface area contributed by atoms with E-state index >= 15 is 0 Å². The molecule has 1 rings (SSSR count). The number of aliphatic carboxylic acids is 1. The fraction of sp³-hybridized carbons (Fsp3) is 0.692. The van der Waals surface area contributed by atoms with Gasteiger partial charge in [-0.1, -0.05) is 32.4 Å². The molecule has 1 heterocycles. The molecule has 19 heavy (non-hydrogen) atoms. The van der Waals surface area contributed by atoms with Gasteiger partial charge in [0.15, 0.2) is 6.04 Å². The van der Waals surface area contributed by atoms with Gasteiger partial charge in [0.1, 0.15) is 0 Å². The Balaban J connectivity index is 2.58. The first-order chi connectivity index (χ1) is 8.75. The molecule has 1 aliphatic rings. The van der Waals surface area contributed by atoms with Gasteiger partial charge in [0.25, 0.3) is 0 Å². The lowest BCUT2D eigenvalue weighted by Gasteiger charge is -2.32. The average molecular weight is 270 g/mol. The summed E-state index contributed by atoms with van der Waals surface area (Å²) in [7, 11) is 0. The summed E-state index contributed by atoms with van der Waals surface area (Å²) in [6.45, 7) is 6.79. The molecule has 1 atom stereocenters. The molecule has 3 N–H and O–H groups in total. The van der Waals surface area contributed by atoms with E-state index in [9.17, 15) is 9.59 Å². The largest absolute Gasteiger partial charge is 0.480 e. The number of nitrogens with zero attached hydrogens (tertiary/aromatic N) is 1. The number of nitrogens with one attached hydrogen (secondary N) is 1. The summed E-state index contributed by atoms with van der Waals surface area (Å²) < 4.78 is 0. The molecule has 0 aromatic carbocycles. The number of hydrogen-bond donors (Lipinski definition) is 3. The number of carbonyl (C=O) groups excluding carboxylic acids is 1. The van der Waals surface area contributed by atoms with Crippen molar-refractivity contribution >= 4 is 12.0 Å². The van der Waals surface area contributed by atoms with Gasteiger partial charge in [-0.05, 0) is 11.8 Å². The summed E-state index contributed by atoms with van der Waals surface area (Å²) in [4.78, 5) is 24.1. The van der Waals surface area contributed by atoms with E-state index in [0.717, 1.165) is 6.42 Å². The van der Waals surface area contributed by atoms with Crippen LogP contribution in [0, 0.1) is 5.41 Å². The summed E-state index contributed by atoms with van der Waals surface area (Å²) >= 11 is 0. The standard InChI is InChI=1S/C13H22N2O4/c1-13(2,3)9-4-6-15(7-5-9)12(19)14-10(8-16)11(17)18/h4,10,16H,5-8H2,1-3H3,(H,14,19)(H,17,18)/t10-/m0/s1. The third kappa shape index (κ3) is 4.24. The first-order valence-corrected chi connectivity index (χ1v) is 6.34. The maximum Gasteiger partial charge on any atom is 0.328 e. The highest BCUT2D eigenvalue weighted by molar-refractivity contribution is 5.82. The molecule has 2 amide bonds. The summed E-state index contributed by atoms with van der Waals surface area (Å²) in [6.07, 6.45) is 2.80. The second-order valence-corrected chi connectivity index (χ2v) is 5.70. The van der Waals surface area contributed by atoms with E-state index in [1.165, 1.54) is 5.57 Å². The molecule has 0 fully saturated rings. The van der Waals surface area contributed by atoms with E-state index in [-0.39, 0.29) is 5.41 Å². The number of carboxylic acids is 1. The molecule has 0 aromatic heterocycles. The lowest BCUT2D eigenvalue weighted by molar-refractivity contribution is -0.140. The number of carbonyl (C=O) groups is 2. The predicted octanol–water partition coefficient (Wildman–Crippen LogP) is 0.820. The third-order valence-electron chi connectivity index (χ3n) is 3.24. The highest BCUT2D eigenvalue weighted by atomic mass is 16.4. The Morgan fingerprint density at radius 1 is 1.47 bits per heavy atom. The predicted molar refractivity (Wildman–Crippen MR) is 70.8 cm³/mol. The Bertz CT molecular complexity index is 385. The molecule has 0 bridgehead atoms. The Morgan fingerprint density at radius 2 is 2.11 bits per heavy atom. The minimum absolute atomic E-state index is 0.0945. The second kappa shape index (κ2) is 6.06. The number of aliphatic hydroxyl groups is 1. The van der Waals surface area contributed by atoms with Crippen LogP contribution in [0.3, 0.4) is 0 Å². The molecule has 108 valence electrons. The van der Waals surface area contributed by atoms with Crippen LogP contribution in [0.15, 0.2) is 11.6 Å². The normalized spacial score (nSPS) is 17.7. The Kier molecular flexibility index (Phi) is 4.94. The van der Waals surface area contributed by atoms with Crippen LogP contribution in [-0.4, -0.2) is 52.9 Å². The van der Waals surface area contributed by atoms with Gasteiger partial charge in [-0.2, -0.15) is 0 Å². The smallest absolute Gasteiger partial charge is 0.328 e. The zero-order chi connectivity index (χ0) is 14.6. The fourth-order valence-corrected chi connectivity index (χ4v) is 1.96. The molecule has 6 nitrogen and oxygen atoms in total. The third-order valence-corrected chi connectivity index (χ3v) is 3.24. The van der Waals surface area contributed by atoms with Crippen molar-refractivity contribution in [3.8, 4) is 0 Å². The maximum atomic E-state index is 11.8. The van der Waals surface area contributed by atoms with Crippen LogP contribution in [0.1, 0.15) is 27.2 Å². The zero-order valence-corrected chi connectivity index (χ0v) is 11.6. The van der Waals surface area contributed by atoms with Crippen LogP contribution in [0.2, 0.25) is 0 Å². The van der Waals surface area contributed by atoms with E-state index in [2.05, 4.69) is 26.1 Å². The monoisotopic (exact) mass is 270 g/mol. The lowest BCUT2D eigenvalue weighted by Crippen LogP contribution is -2.50. The van der Waals surface area contributed by atoms with Crippen LogP contribution in [0.5, 0.6) is 0 Å². The van der Waals surface area contributed by atoms with Crippen LogP contribution in [0.25, 0.3) is 0 Å². The van der Waals surface area contributed by atoms with Crippen molar-refractivity contribution in [2.45, 2.75) is 33.2 Å². The van der Waals surface area contributed by atoms with Crippen molar-refractivity contribution in [3.05, 3.63) is 11.6 Å². The minimum Gasteiger partial charge on any atom is -0.480 e. The molecule has 0 aromatic rings. The van der Waals surface area contributed by atoms with Gasteiger partial charge in [-0.3, -0.25) is 0 Å². The van der Waals surface area contributed by atoms with Crippen molar-refractivity contribution in [3.63, 3.8) is 0 Å². The molecule has 0 spiro atoms. The lowest BCUT2D eigenvalue weighted by atomic mass is 9.83. The Hall–Kier alpha value is -1.56. The molecule has 6 heteroatoms. The van der Waals surface area contributed by atoms with Crippen molar-refractivity contribution < 1.29 is 19.8 Å². The number of hydrogen-bond acceptors (Lipinski definition) is 3. The van der Waals surface area contributed by atoms with Gasteiger partial charge in [0.05, 0.1) is 6.61 Å². The van der Waals surface area contributed by atoms with Gasteiger partial charge >= 0.3 is 12.0 Å². The fourth-order valence-electron chi connectivity index (χ4n) is 1.96. The van der Waals surface area contributed by atoms with Crippen molar-refractivity contribution in [2.75, 3.05) is 19.7 Å². The first kappa shape index (κ1) is 15.5. The summed E-state index contributed by atoms with van der Waals surface area (Å²) in [5.74, 6) is -1.24. The molecule has 0 aliphatic carbocycles. The van der Waals surface area contributed by atoms with Crippen LogP contribution >= 0.6 is 0 Å². The quantitative estimate of drug-likeness (QED) is 0.662. The number of rotatable bonds is 3. The van der Waals surface area contributed by atoms with Gasteiger partial charge in [-0.15, -0.1) is 0 Å². The molecular formula is C13H22N2O4. The summed E-state index contributed by atoms with van der Waals surface area (Å²) in [6, 6.07) is -1.70. The molecule has 1 aliphatic heterocycles. The number of urea groups is 1. The average Bonchev–Trinajstić information content (AvgIpc) is 2.34. The van der Waals surface area contributed by atoms with Crippen LogP contribution < -0.4 is 5.32 Å². The summed E-state index contributed by atoms with van der Waals surface area (Å²) in [5.41, 5.74) is 1.39. The Morgan fingerprint density at radius 3 is 2.47 bits per heavy atom. The minimum atomic E-state index is -1.25. The molecule has 0 saturated heterocycles. The molecule has 0 saturated carbocycles. The van der Waals surface area contributed by atoms with Gasteiger partial charge in [-0.25, -0.2) is 9.59 Å². The van der Waals surface area contributed by atoms with Gasteiger partial charge in [0, 0.05) is 13.1 Å². The molecular weight excluding hydrogens is 248 g/mol. The van der Waals surface area contributed by atoms with Crippen molar-refractivity contribution in [2.24, 2.45) is 5.41 Å². The molecule has 0 unspecified atom stereocenters. The highest BCUT2D eigenvalue weighted by Crippen LogP contribution is 2.29. The SMILES string of the molecule is CC(C)(C)C1=CCN(C(=O)N[C@@H](CO)C(=O)O)CC1. The zero-order valence-electron chi connectivity index (χ0n) is 11.6. The Labute approximate surface area is 113 Å². The van der Waals surface area contributed by atoms with Crippen LogP contribution in [-0.2, 0) is 4.79 Å². The van der Waals surface area contributed by atoms with E-state index in [1.807, 2.05) is 6.08 Å². The first-order valence-electron chi connectivity index (χ1n) is 6.34.